The molecule has 0 aliphatic rings. The Labute approximate surface area is 183 Å². The number of aromatic nitrogens is 1. The van der Waals surface area contributed by atoms with Crippen LogP contribution in [0.5, 0.6) is 11.5 Å². The highest BCUT2D eigenvalue weighted by Crippen LogP contribution is 2.30. The number of benzene rings is 2. The van der Waals surface area contributed by atoms with Gasteiger partial charge in [-0.2, -0.15) is 0 Å². The Bertz CT molecular complexity index is 1370. The van der Waals surface area contributed by atoms with Crippen LogP contribution in [-0.4, -0.2) is 24.7 Å². The second-order valence-electron chi connectivity index (χ2n) is 7.18. The molecule has 0 aliphatic carbocycles. The van der Waals surface area contributed by atoms with Crippen molar-refractivity contribution >= 4 is 22.6 Å². The first-order valence-corrected chi connectivity index (χ1v) is 9.81. The Morgan fingerprint density at radius 2 is 1.88 bits per heavy atom. The summed E-state index contributed by atoms with van der Waals surface area (Å²) in [6.45, 7) is 1.79. The summed E-state index contributed by atoms with van der Waals surface area (Å²) in [7, 11) is 3.02. The number of halogens is 1. The van der Waals surface area contributed by atoms with Crippen LogP contribution >= 0.6 is 0 Å². The van der Waals surface area contributed by atoms with Crippen LogP contribution in [0.4, 0.5) is 10.1 Å². The number of nitrogens with one attached hydrogen (secondary N) is 1. The maximum absolute atomic E-state index is 13.5. The van der Waals surface area contributed by atoms with E-state index in [4.69, 9.17) is 13.9 Å². The minimum Gasteiger partial charge on any atom is -0.493 e. The fraction of sp³-hybridized carbons (Fsp3) is 0.167. The topological polar surface area (TPSA) is 82.7 Å². The summed E-state index contributed by atoms with van der Waals surface area (Å²) in [6, 6.07) is 12.6. The van der Waals surface area contributed by atoms with Crippen molar-refractivity contribution in [2.24, 2.45) is 0 Å². The number of carbonyl (C=O) groups is 1. The molecule has 2 heterocycles. The lowest BCUT2D eigenvalue weighted by molar-refractivity contribution is 0.102. The summed E-state index contributed by atoms with van der Waals surface area (Å²) in [5, 5.41) is 2.94. The van der Waals surface area contributed by atoms with E-state index in [0.717, 1.165) is 0 Å². The van der Waals surface area contributed by atoms with Crippen molar-refractivity contribution in [2.75, 3.05) is 19.5 Å². The van der Waals surface area contributed by atoms with Crippen molar-refractivity contribution < 1.29 is 23.1 Å². The summed E-state index contributed by atoms with van der Waals surface area (Å²) in [4.78, 5) is 26.3. The van der Waals surface area contributed by atoms with Crippen LogP contribution in [0.1, 0.15) is 21.7 Å². The number of nitrogens with zero attached hydrogens (tertiary/aromatic N) is 1. The van der Waals surface area contributed by atoms with Crippen LogP contribution in [0, 0.1) is 12.7 Å². The number of hydrogen-bond donors (Lipinski definition) is 1. The van der Waals surface area contributed by atoms with Crippen molar-refractivity contribution in [3.8, 4) is 11.5 Å². The highest BCUT2D eigenvalue weighted by Gasteiger charge is 2.22. The summed E-state index contributed by atoms with van der Waals surface area (Å²) < 4.78 is 31.1. The van der Waals surface area contributed by atoms with E-state index < -0.39 is 11.5 Å². The van der Waals surface area contributed by atoms with Gasteiger partial charge in [0.05, 0.1) is 31.7 Å². The Morgan fingerprint density at radius 3 is 2.59 bits per heavy atom. The molecule has 2 aromatic carbocycles. The summed E-state index contributed by atoms with van der Waals surface area (Å²) in [5.41, 5.74) is 1.15. The number of hydrogen-bond acceptors (Lipinski definition) is 5. The van der Waals surface area contributed by atoms with E-state index in [1.807, 2.05) is 0 Å². The Balaban J connectivity index is 1.71. The minimum absolute atomic E-state index is 0.147. The fourth-order valence-electron chi connectivity index (χ4n) is 3.60. The van der Waals surface area contributed by atoms with Crippen molar-refractivity contribution in [1.29, 1.82) is 0 Å². The van der Waals surface area contributed by atoms with Crippen LogP contribution < -0.4 is 20.3 Å². The number of rotatable bonds is 6. The van der Waals surface area contributed by atoms with Crippen LogP contribution in [0.15, 0.2) is 63.9 Å². The second-order valence-corrected chi connectivity index (χ2v) is 7.18. The van der Waals surface area contributed by atoms with Gasteiger partial charge in [0.1, 0.15) is 17.2 Å². The maximum atomic E-state index is 13.5. The molecular weight excluding hydrogens is 415 g/mol. The summed E-state index contributed by atoms with van der Waals surface area (Å²) in [5.74, 6) is 0.422. The van der Waals surface area contributed by atoms with Gasteiger partial charge in [0.25, 0.3) is 11.5 Å². The van der Waals surface area contributed by atoms with Crippen molar-refractivity contribution in [3.63, 3.8) is 0 Å². The molecule has 0 spiro atoms. The number of pyridine rings is 1. The summed E-state index contributed by atoms with van der Waals surface area (Å²) >= 11 is 0. The quantitative estimate of drug-likeness (QED) is 0.486. The Kier molecular flexibility index (Phi) is 5.68. The third kappa shape index (κ3) is 3.94. The number of fused-ring (bicyclic) bond motifs is 1. The minimum atomic E-state index is -0.492. The number of amides is 1. The molecule has 0 unspecified atom stereocenters. The number of aryl methyl sites for hydroxylation is 1. The molecule has 0 fully saturated rings. The van der Waals surface area contributed by atoms with Crippen LogP contribution in [-0.2, 0) is 6.54 Å². The molecule has 8 heteroatoms. The lowest BCUT2D eigenvalue weighted by atomic mass is 10.1. The van der Waals surface area contributed by atoms with Gasteiger partial charge in [0.2, 0.25) is 0 Å². The molecule has 4 rings (SSSR count). The van der Waals surface area contributed by atoms with Gasteiger partial charge in [0, 0.05) is 18.0 Å². The van der Waals surface area contributed by atoms with Crippen LogP contribution in [0.25, 0.3) is 11.0 Å². The number of furan rings is 1. The molecule has 0 aliphatic heterocycles. The molecule has 1 amide bonds. The third-order valence-electron chi connectivity index (χ3n) is 5.10. The first kappa shape index (κ1) is 21.2. The molecule has 0 saturated heterocycles. The Morgan fingerprint density at radius 1 is 1.09 bits per heavy atom. The normalized spacial score (nSPS) is 10.9. The maximum Gasteiger partial charge on any atom is 0.262 e. The molecule has 0 atom stereocenters. The third-order valence-corrected chi connectivity index (χ3v) is 5.10. The van der Waals surface area contributed by atoms with E-state index >= 15 is 0 Å². The fourth-order valence-corrected chi connectivity index (χ4v) is 3.60. The molecule has 4 aromatic rings. The standard InChI is InChI=1S/C24H21FN2O5/c1-14-21(23(28)26-17-7-8-18(30-2)20(12-17)31-3)22-19(32-14)9-10-27(24(22)29)13-15-5-4-6-16(25)11-15/h4-12H,13H2,1-3H3,(H,26,28). The van der Waals surface area contributed by atoms with Crippen molar-refractivity contribution in [2.45, 2.75) is 13.5 Å². The van der Waals surface area contributed by atoms with E-state index in [0.29, 0.717) is 34.1 Å². The largest absolute Gasteiger partial charge is 0.493 e. The molecule has 1 N–H and O–H groups in total. The van der Waals surface area contributed by atoms with Gasteiger partial charge in [-0.05, 0) is 42.8 Å². The predicted molar refractivity (Wildman–Crippen MR) is 118 cm³/mol. The van der Waals surface area contributed by atoms with Crippen molar-refractivity contribution in [3.05, 3.63) is 87.8 Å². The molecule has 164 valence electrons. The lowest BCUT2D eigenvalue weighted by Crippen LogP contribution is -2.22. The molecule has 32 heavy (non-hydrogen) atoms. The average molecular weight is 436 g/mol. The average Bonchev–Trinajstić information content (AvgIpc) is 3.12. The zero-order chi connectivity index (χ0) is 22.8. The lowest BCUT2D eigenvalue weighted by Gasteiger charge is -2.10. The van der Waals surface area contributed by atoms with E-state index in [-0.39, 0.29) is 23.3 Å². The monoisotopic (exact) mass is 436 g/mol. The molecule has 0 bridgehead atoms. The summed E-state index contributed by atoms with van der Waals surface area (Å²) in [6.07, 6.45) is 1.56. The van der Waals surface area contributed by atoms with Gasteiger partial charge < -0.3 is 23.8 Å². The van der Waals surface area contributed by atoms with Crippen LogP contribution in [0.3, 0.4) is 0 Å². The molecule has 2 aromatic heterocycles. The SMILES string of the molecule is COc1ccc(NC(=O)c2c(C)oc3ccn(Cc4cccc(F)c4)c(=O)c23)cc1OC. The van der Waals surface area contributed by atoms with E-state index in [9.17, 15) is 14.0 Å². The van der Waals surface area contributed by atoms with Gasteiger partial charge >= 0.3 is 0 Å². The number of ether oxygens (including phenoxy) is 2. The van der Waals surface area contributed by atoms with Crippen molar-refractivity contribution in [1.82, 2.24) is 4.57 Å². The first-order valence-electron chi connectivity index (χ1n) is 9.81. The van der Waals surface area contributed by atoms with Gasteiger partial charge in [-0.1, -0.05) is 12.1 Å². The van der Waals surface area contributed by atoms with E-state index in [1.165, 1.54) is 30.9 Å². The highest BCUT2D eigenvalue weighted by atomic mass is 19.1. The van der Waals surface area contributed by atoms with Crippen LogP contribution in [0.2, 0.25) is 0 Å². The van der Waals surface area contributed by atoms with Gasteiger partial charge in [-0.25, -0.2) is 4.39 Å². The Hall–Kier alpha value is -4.07. The number of methoxy groups -OCH3 is 2. The van der Waals surface area contributed by atoms with E-state index in [2.05, 4.69) is 5.32 Å². The van der Waals surface area contributed by atoms with Gasteiger partial charge in [0.15, 0.2) is 11.5 Å². The predicted octanol–water partition coefficient (Wildman–Crippen LogP) is 4.36. The highest BCUT2D eigenvalue weighted by molar-refractivity contribution is 6.13. The van der Waals surface area contributed by atoms with Gasteiger partial charge in [-0.15, -0.1) is 0 Å². The zero-order valence-electron chi connectivity index (χ0n) is 17.8. The molecule has 7 nitrogen and oxygen atoms in total. The van der Waals surface area contributed by atoms with E-state index in [1.54, 1.807) is 49.5 Å². The number of carbonyl (C=O) groups excluding carboxylic acids is 1. The van der Waals surface area contributed by atoms with Gasteiger partial charge in [-0.3, -0.25) is 9.59 Å². The number of anilines is 1. The smallest absolute Gasteiger partial charge is 0.262 e. The zero-order valence-corrected chi connectivity index (χ0v) is 17.8. The molecule has 0 saturated carbocycles. The molecule has 0 radical (unpaired) electrons. The second kappa shape index (κ2) is 8.58. The molecular formula is C24H21FN2O5. The first-order chi connectivity index (χ1) is 15.4.